The molecule has 0 fully saturated rings. The first-order valence-corrected chi connectivity index (χ1v) is 7.66. The van der Waals surface area contributed by atoms with Crippen molar-refractivity contribution in [3.05, 3.63) is 36.4 Å². The average molecular weight is 300 g/mol. The van der Waals surface area contributed by atoms with Crippen molar-refractivity contribution in [2.45, 2.75) is 13.3 Å². The van der Waals surface area contributed by atoms with Gasteiger partial charge in [-0.05, 0) is 42.1 Å². The number of fused-ring (bicyclic) bond motifs is 1. The molecule has 0 aliphatic heterocycles. The Bertz CT molecular complexity index is 738. The second-order valence-electron chi connectivity index (χ2n) is 4.62. The molecule has 5 heteroatoms. The van der Waals surface area contributed by atoms with Crippen molar-refractivity contribution in [1.82, 2.24) is 10.2 Å². The highest BCUT2D eigenvalue weighted by Crippen LogP contribution is 2.34. The van der Waals surface area contributed by atoms with E-state index in [-0.39, 0.29) is 0 Å². The van der Waals surface area contributed by atoms with E-state index in [1.165, 1.54) is 10.1 Å². The molecule has 0 unspecified atom stereocenters. The van der Waals surface area contributed by atoms with Crippen LogP contribution >= 0.6 is 11.3 Å². The SMILES string of the molecule is CCCOc1ccc2cc(-c3ccc(OC)nn3)sc2c1. The van der Waals surface area contributed by atoms with Gasteiger partial charge in [0, 0.05) is 10.8 Å². The third kappa shape index (κ3) is 2.97. The number of thiophene rings is 1. The number of hydrogen-bond acceptors (Lipinski definition) is 5. The summed E-state index contributed by atoms with van der Waals surface area (Å²) in [5, 5.41) is 9.39. The van der Waals surface area contributed by atoms with Crippen LogP contribution in [0.1, 0.15) is 13.3 Å². The lowest BCUT2D eigenvalue weighted by Crippen LogP contribution is -1.93. The number of ether oxygens (including phenoxy) is 2. The van der Waals surface area contributed by atoms with Crippen LogP contribution in [0.15, 0.2) is 36.4 Å². The van der Waals surface area contributed by atoms with E-state index >= 15 is 0 Å². The van der Waals surface area contributed by atoms with Gasteiger partial charge >= 0.3 is 0 Å². The predicted octanol–water partition coefficient (Wildman–Crippen LogP) is 4.16. The average Bonchev–Trinajstić information content (AvgIpc) is 2.96. The highest BCUT2D eigenvalue weighted by molar-refractivity contribution is 7.22. The Kier molecular flexibility index (Phi) is 4.01. The summed E-state index contributed by atoms with van der Waals surface area (Å²) in [6.45, 7) is 2.85. The van der Waals surface area contributed by atoms with Gasteiger partial charge in [0.05, 0.1) is 18.6 Å². The highest BCUT2D eigenvalue weighted by Gasteiger charge is 2.07. The number of nitrogens with zero attached hydrogens (tertiary/aromatic N) is 2. The number of hydrogen-bond donors (Lipinski definition) is 0. The lowest BCUT2D eigenvalue weighted by molar-refractivity contribution is 0.318. The summed E-state index contributed by atoms with van der Waals surface area (Å²) in [7, 11) is 1.58. The van der Waals surface area contributed by atoms with E-state index in [2.05, 4.69) is 35.3 Å². The number of rotatable bonds is 5. The third-order valence-corrected chi connectivity index (χ3v) is 4.19. The van der Waals surface area contributed by atoms with Crippen LogP contribution in [-0.2, 0) is 0 Å². The van der Waals surface area contributed by atoms with Gasteiger partial charge in [-0.15, -0.1) is 21.5 Å². The minimum Gasteiger partial charge on any atom is -0.494 e. The van der Waals surface area contributed by atoms with Crippen molar-refractivity contribution >= 4 is 21.4 Å². The Morgan fingerprint density at radius 2 is 2.00 bits per heavy atom. The van der Waals surface area contributed by atoms with E-state index in [0.717, 1.165) is 29.3 Å². The first-order valence-electron chi connectivity index (χ1n) is 6.84. The van der Waals surface area contributed by atoms with Gasteiger partial charge in [0.25, 0.3) is 0 Å². The number of benzene rings is 1. The fraction of sp³-hybridized carbons (Fsp3) is 0.250. The zero-order chi connectivity index (χ0) is 14.7. The Hall–Kier alpha value is -2.14. The first-order chi connectivity index (χ1) is 10.3. The monoisotopic (exact) mass is 300 g/mol. The van der Waals surface area contributed by atoms with Gasteiger partial charge in [-0.2, -0.15) is 0 Å². The second-order valence-corrected chi connectivity index (χ2v) is 5.70. The van der Waals surface area contributed by atoms with Gasteiger partial charge in [0.2, 0.25) is 5.88 Å². The molecule has 4 nitrogen and oxygen atoms in total. The van der Waals surface area contributed by atoms with Crippen LogP contribution in [0.3, 0.4) is 0 Å². The van der Waals surface area contributed by atoms with Crippen LogP contribution < -0.4 is 9.47 Å². The fourth-order valence-corrected chi connectivity index (χ4v) is 3.06. The molecular formula is C16H16N2O2S. The summed E-state index contributed by atoms with van der Waals surface area (Å²) < 4.78 is 11.9. The molecular weight excluding hydrogens is 284 g/mol. The molecule has 0 amide bonds. The van der Waals surface area contributed by atoms with Gasteiger partial charge in [-0.25, -0.2) is 0 Å². The molecule has 108 valence electrons. The smallest absolute Gasteiger partial charge is 0.233 e. The molecule has 0 aliphatic carbocycles. The maximum absolute atomic E-state index is 5.67. The van der Waals surface area contributed by atoms with Crippen LogP contribution in [-0.4, -0.2) is 23.9 Å². The number of aromatic nitrogens is 2. The van der Waals surface area contributed by atoms with Gasteiger partial charge in [-0.3, -0.25) is 0 Å². The molecule has 0 spiro atoms. The topological polar surface area (TPSA) is 44.2 Å². The van der Waals surface area contributed by atoms with E-state index in [1.54, 1.807) is 18.4 Å². The van der Waals surface area contributed by atoms with E-state index < -0.39 is 0 Å². The fourth-order valence-electron chi connectivity index (χ4n) is 2.01. The molecule has 0 bridgehead atoms. The molecule has 3 rings (SSSR count). The summed E-state index contributed by atoms with van der Waals surface area (Å²) in [5.41, 5.74) is 0.855. The number of methoxy groups -OCH3 is 1. The quantitative estimate of drug-likeness (QED) is 0.710. The van der Waals surface area contributed by atoms with Crippen molar-refractivity contribution < 1.29 is 9.47 Å². The Morgan fingerprint density at radius 1 is 1.10 bits per heavy atom. The van der Waals surface area contributed by atoms with Crippen molar-refractivity contribution in [2.75, 3.05) is 13.7 Å². The van der Waals surface area contributed by atoms with E-state index in [9.17, 15) is 0 Å². The minimum atomic E-state index is 0.523. The van der Waals surface area contributed by atoms with E-state index in [1.807, 2.05) is 18.2 Å². The predicted molar refractivity (Wildman–Crippen MR) is 85.2 cm³/mol. The Labute approximate surface area is 127 Å². The Balaban J connectivity index is 1.92. The molecule has 2 heterocycles. The molecule has 0 atom stereocenters. The molecule has 3 aromatic rings. The zero-order valence-electron chi connectivity index (χ0n) is 12.0. The van der Waals surface area contributed by atoms with Crippen molar-refractivity contribution in [3.8, 4) is 22.2 Å². The largest absolute Gasteiger partial charge is 0.494 e. The molecule has 0 aliphatic rings. The second kappa shape index (κ2) is 6.10. The normalized spacial score (nSPS) is 10.8. The minimum absolute atomic E-state index is 0.523. The van der Waals surface area contributed by atoms with Crippen molar-refractivity contribution in [1.29, 1.82) is 0 Å². The Morgan fingerprint density at radius 3 is 2.71 bits per heavy atom. The summed E-state index contributed by atoms with van der Waals surface area (Å²) in [4.78, 5) is 1.09. The van der Waals surface area contributed by atoms with E-state index in [4.69, 9.17) is 9.47 Å². The third-order valence-electron chi connectivity index (χ3n) is 3.07. The highest BCUT2D eigenvalue weighted by atomic mass is 32.1. The van der Waals surface area contributed by atoms with Crippen LogP contribution in [0, 0.1) is 0 Å². The van der Waals surface area contributed by atoms with Crippen LogP contribution in [0.4, 0.5) is 0 Å². The maximum atomic E-state index is 5.67. The van der Waals surface area contributed by atoms with Crippen LogP contribution in [0.2, 0.25) is 0 Å². The zero-order valence-corrected chi connectivity index (χ0v) is 12.8. The summed E-state index contributed by atoms with van der Waals surface area (Å²) in [5.74, 6) is 1.44. The van der Waals surface area contributed by atoms with Gasteiger partial charge < -0.3 is 9.47 Å². The molecule has 21 heavy (non-hydrogen) atoms. The van der Waals surface area contributed by atoms with Gasteiger partial charge in [-0.1, -0.05) is 6.92 Å². The van der Waals surface area contributed by atoms with Gasteiger partial charge in [0.1, 0.15) is 11.4 Å². The molecule has 2 aromatic heterocycles. The standard InChI is InChI=1S/C16H16N2O2S/c1-3-8-20-12-5-4-11-9-15(21-14(11)10-12)13-6-7-16(19-2)18-17-13/h4-7,9-10H,3,8H2,1-2H3. The molecule has 1 aromatic carbocycles. The molecule has 0 N–H and O–H groups in total. The lowest BCUT2D eigenvalue weighted by Gasteiger charge is -2.03. The maximum Gasteiger partial charge on any atom is 0.233 e. The molecule has 0 saturated carbocycles. The summed E-state index contributed by atoms with van der Waals surface area (Å²) in [6.07, 6.45) is 1.01. The van der Waals surface area contributed by atoms with Crippen molar-refractivity contribution in [3.63, 3.8) is 0 Å². The van der Waals surface area contributed by atoms with E-state index in [0.29, 0.717) is 5.88 Å². The van der Waals surface area contributed by atoms with Crippen LogP contribution in [0.5, 0.6) is 11.6 Å². The molecule has 0 saturated heterocycles. The van der Waals surface area contributed by atoms with Crippen LogP contribution in [0.25, 0.3) is 20.7 Å². The van der Waals surface area contributed by atoms with Crippen molar-refractivity contribution in [2.24, 2.45) is 0 Å². The van der Waals surface area contributed by atoms with Gasteiger partial charge in [0.15, 0.2) is 0 Å². The summed E-state index contributed by atoms with van der Waals surface area (Å²) in [6, 6.07) is 12.0. The summed E-state index contributed by atoms with van der Waals surface area (Å²) >= 11 is 1.69. The molecule has 0 radical (unpaired) electrons. The lowest BCUT2D eigenvalue weighted by atomic mass is 10.2. The first kappa shape index (κ1) is 13.8.